The number of nitrogens with one attached hydrogen (secondary N) is 3. The van der Waals surface area contributed by atoms with Gasteiger partial charge in [0, 0.05) is 43.0 Å². The zero-order valence-corrected chi connectivity index (χ0v) is 21.7. The summed E-state index contributed by atoms with van der Waals surface area (Å²) in [4.78, 5) is 29.8. The molecule has 3 heterocycles. The van der Waals surface area contributed by atoms with Crippen molar-refractivity contribution in [3.05, 3.63) is 77.2 Å². The second-order valence-electron chi connectivity index (χ2n) is 10.7. The zero-order chi connectivity index (χ0) is 26.9. The van der Waals surface area contributed by atoms with Crippen molar-refractivity contribution in [1.29, 1.82) is 0 Å². The predicted octanol–water partition coefficient (Wildman–Crippen LogP) is 4.63. The van der Waals surface area contributed by atoms with E-state index in [9.17, 15) is 9.59 Å². The monoisotopic (exact) mass is 514 g/mol. The summed E-state index contributed by atoms with van der Waals surface area (Å²) in [5.41, 5.74) is 4.12. The normalized spacial score (nSPS) is 15.6. The highest BCUT2D eigenvalue weighted by Crippen LogP contribution is 2.33. The quantitative estimate of drug-likeness (QED) is 0.312. The molecule has 0 saturated carbocycles. The van der Waals surface area contributed by atoms with Gasteiger partial charge in [-0.15, -0.1) is 0 Å². The highest BCUT2D eigenvalue weighted by Gasteiger charge is 2.23. The third kappa shape index (κ3) is 5.22. The van der Waals surface area contributed by atoms with Gasteiger partial charge in [-0.25, -0.2) is 9.37 Å². The van der Waals surface area contributed by atoms with Gasteiger partial charge in [0.2, 0.25) is 6.41 Å². The Hall–Kier alpha value is -4.27. The van der Waals surface area contributed by atoms with Gasteiger partial charge in [0.1, 0.15) is 5.82 Å². The smallest absolute Gasteiger partial charge is 0.251 e. The Morgan fingerprint density at radius 1 is 1.18 bits per heavy atom. The fraction of sp³-hybridized carbons (Fsp3) is 0.310. The third-order valence-electron chi connectivity index (χ3n) is 6.99. The average Bonchev–Trinajstić information content (AvgIpc) is 3.54. The van der Waals surface area contributed by atoms with E-state index in [1.165, 1.54) is 6.07 Å². The van der Waals surface area contributed by atoms with Crippen LogP contribution < -0.4 is 10.6 Å². The summed E-state index contributed by atoms with van der Waals surface area (Å²) >= 11 is 0. The lowest BCUT2D eigenvalue weighted by atomic mass is 9.87. The summed E-state index contributed by atoms with van der Waals surface area (Å²) in [5.74, 6) is -0.0414. The van der Waals surface area contributed by atoms with E-state index in [1.54, 1.807) is 29.3 Å². The molecule has 2 amide bonds. The predicted molar refractivity (Wildman–Crippen MR) is 145 cm³/mol. The number of halogens is 1. The zero-order valence-electron chi connectivity index (χ0n) is 21.7. The van der Waals surface area contributed by atoms with Gasteiger partial charge in [0.25, 0.3) is 5.91 Å². The van der Waals surface area contributed by atoms with E-state index in [-0.39, 0.29) is 23.9 Å². The van der Waals surface area contributed by atoms with Crippen LogP contribution in [0.25, 0.3) is 22.2 Å². The second-order valence-corrected chi connectivity index (χ2v) is 10.7. The maximum absolute atomic E-state index is 15.2. The largest absolute Gasteiger partial charge is 0.363 e. The van der Waals surface area contributed by atoms with Crippen molar-refractivity contribution in [2.75, 3.05) is 18.4 Å². The lowest BCUT2D eigenvalue weighted by Gasteiger charge is -2.19. The second kappa shape index (κ2) is 10.2. The molecule has 1 aliphatic rings. The molecule has 1 aliphatic heterocycles. The molecule has 8 nitrogen and oxygen atoms in total. The Morgan fingerprint density at radius 3 is 2.66 bits per heavy atom. The summed E-state index contributed by atoms with van der Waals surface area (Å²) in [7, 11) is 0. The van der Waals surface area contributed by atoms with Crippen LogP contribution in [0.1, 0.15) is 48.7 Å². The molecule has 0 aliphatic carbocycles. The number of aromatic nitrogens is 3. The number of H-pyrrole nitrogens is 1. The first-order chi connectivity index (χ1) is 18.2. The van der Waals surface area contributed by atoms with Gasteiger partial charge in [-0.05, 0) is 52.8 Å². The first-order valence-corrected chi connectivity index (χ1v) is 12.7. The molecule has 4 aromatic rings. The van der Waals surface area contributed by atoms with Gasteiger partial charge in [-0.3, -0.25) is 14.7 Å². The van der Waals surface area contributed by atoms with Crippen molar-refractivity contribution in [1.82, 2.24) is 25.4 Å². The number of carbonyl (C=O) groups is 2. The molecular formula is C29H31FN6O2. The summed E-state index contributed by atoms with van der Waals surface area (Å²) in [6, 6.07) is 14.4. The Morgan fingerprint density at radius 2 is 1.97 bits per heavy atom. The molecule has 1 saturated heterocycles. The third-order valence-corrected chi connectivity index (χ3v) is 6.99. The molecule has 1 fully saturated rings. The fourth-order valence-electron chi connectivity index (χ4n) is 4.75. The number of hydrogen-bond donors (Lipinski definition) is 3. The van der Waals surface area contributed by atoms with Crippen molar-refractivity contribution in [2.45, 2.75) is 45.2 Å². The van der Waals surface area contributed by atoms with Crippen LogP contribution in [0.4, 0.5) is 10.2 Å². The number of pyridine rings is 1. The maximum atomic E-state index is 15.2. The van der Waals surface area contributed by atoms with Crippen LogP contribution in [-0.4, -0.2) is 51.5 Å². The standard InChI is InChI=1S/C29H31FN6O2/c1-29(2,3)21-8-6-18(7-9-21)28(38)32-15-20-5-4-19(14-24(20)30)23-10-12-31-26-25(23)27(35-34-26)33-22-11-13-36(16-22)17-37/h4-10,12,14,17,22H,11,13,15-16H2,1-3H3,(H,32,38)(H2,31,33,34,35)/t22-/m0/s1. The van der Waals surface area contributed by atoms with Crippen molar-refractivity contribution in [3.8, 4) is 11.1 Å². The number of hydrogen-bond acceptors (Lipinski definition) is 5. The first-order valence-electron chi connectivity index (χ1n) is 12.7. The number of fused-ring (bicyclic) bond motifs is 1. The molecule has 9 heteroatoms. The minimum absolute atomic E-state index is 0.00162. The summed E-state index contributed by atoms with van der Waals surface area (Å²) in [6.45, 7) is 7.72. The number of aromatic amines is 1. The van der Waals surface area contributed by atoms with Crippen LogP contribution >= 0.6 is 0 Å². The van der Waals surface area contributed by atoms with Crippen LogP contribution in [-0.2, 0) is 16.8 Å². The lowest BCUT2D eigenvalue weighted by molar-refractivity contribution is -0.117. The number of anilines is 1. The van der Waals surface area contributed by atoms with Gasteiger partial charge in [0.15, 0.2) is 11.5 Å². The average molecular weight is 515 g/mol. The van der Waals surface area contributed by atoms with E-state index in [2.05, 4.69) is 46.6 Å². The van der Waals surface area contributed by atoms with Gasteiger partial charge in [-0.1, -0.05) is 45.0 Å². The van der Waals surface area contributed by atoms with Crippen molar-refractivity contribution < 1.29 is 14.0 Å². The van der Waals surface area contributed by atoms with Crippen molar-refractivity contribution in [2.24, 2.45) is 0 Å². The molecule has 3 N–H and O–H groups in total. The summed E-state index contributed by atoms with van der Waals surface area (Å²) < 4.78 is 15.2. The molecule has 5 rings (SSSR count). The Labute approximate surface area is 220 Å². The lowest BCUT2D eigenvalue weighted by Crippen LogP contribution is -2.25. The molecule has 0 bridgehead atoms. The van der Waals surface area contributed by atoms with Crippen LogP contribution in [0.3, 0.4) is 0 Å². The SMILES string of the molecule is CC(C)(C)c1ccc(C(=O)NCc2ccc(-c3ccnc4[nH]nc(N[C@H]5CCN(C=O)C5)c34)cc2F)cc1. The summed E-state index contributed by atoms with van der Waals surface area (Å²) in [5, 5.41) is 14.3. The number of benzene rings is 2. The van der Waals surface area contributed by atoms with Gasteiger partial charge < -0.3 is 15.5 Å². The first kappa shape index (κ1) is 25.4. The van der Waals surface area contributed by atoms with E-state index in [0.29, 0.717) is 41.2 Å². The van der Waals surface area contributed by atoms with Crippen LogP contribution in [0, 0.1) is 5.82 Å². The van der Waals surface area contributed by atoms with E-state index in [4.69, 9.17) is 0 Å². The Kier molecular flexibility index (Phi) is 6.84. The number of rotatable bonds is 7. The maximum Gasteiger partial charge on any atom is 0.251 e. The van der Waals surface area contributed by atoms with Crippen LogP contribution in [0.15, 0.2) is 54.7 Å². The molecule has 0 spiro atoms. The fourth-order valence-corrected chi connectivity index (χ4v) is 4.75. The number of amides is 2. The van der Waals surface area contributed by atoms with Crippen molar-refractivity contribution in [3.63, 3.8) is 0 Å². The van der Waals surface area contributed by atoms with Crippen molar-refractivity contribution >= 4 is 29.2 Å². The van der Waals surface area contributed by atoms with Crippen LogP contribution in [0.5, 0.6) is 0 Å². The minimum atomic E-state index is -0.411. The number of likely N-dealkylation sites (tertiary alicyclic amines) is 1. The van der Waals surface area contributed by atoms with E-state index in [1.807, 2.05) is 24.3 Å². The number of carbonyl (C=O) groups excluding carboxylic acids is 2. The highest BCUT2D eigenvalue weighted by molar-refractivity contribution is 6.00. The van der Waals surface area contributed by atoms with Gasteiger partial charge >= 0.3 is 0 Å². The molecule has 0 radical (unpaired) electrons. The van der Waals surface area contributed by atoms with E-state index < -0.39 is 5.82 Å². The molecule has 2 aromatic carbocycles. The molecule has 196 valence electrons. The van der Waals surface area contributed by atoms with Crippen LogP contribution in [0.2, 0.25) is 0 Å². The topological polar surface area (TPSA) is 103 Å². The number of nitrogens with zero attached hydrogens (tertiary/aromatic N) is 3. The van der Waals surface area contributed by atoms with E-state index >= 15 is 4.39 Å². The molecule has 38 heavy (non-hydrogen) atoms. The molecule has 1 atom stereocenters. The summed E-state index contributed by atoms with van der Waals surface area (Å²) in [6.07, 6.45) is 3.32. The minimum Gasteiger partial charge on any atom is -0.363 e. The molecule has 0 unspecified atom stereocenters. The van der Waals surface area contributed by atoms with Gasteiger partial charge in [-0.2, -0.15) is 5.10 Å². The Balaban J connectivity index is 1.32. The molecule has 2 aromatic heterocycles. The van der Waals surface area contributed by atoms with E-state index in [0.717, 1.165) is 29.3 Å². The molecular weight excluding hydrogens is 483 g/mol. The Bertz CT molecular complexity index is 1470. The highest BCUT2D eigenvalue weighted by atomic mass is 19.1. The van der Waals surface area contributed by atoms with Gasteiger partial charge in [0.05, 0.1) is 5.39 Å².